The second-order valence-corrected chi connectivity index (χ2v) is 4.20. The topological polar surface area (TPSA) is 50.8 Å². The molecule has 0 aliphatic carbocycles. The van der Waals surface area contributed by atoms with Crippen LogP contribution in [0.5, 0.6) is 0 Å². The first-order chi connectivity index (χ1) is 8.27. The van der Waals surface area contributed by atoms with Crippen molar-refractivity contribution in [3.63, 3.8) is 0 Å². The third-order valence-corrected chi connectivity index (χ3v) is 3.01. The number of morpholine rings is 1. The van der Waals surface area contributed by atoms with Crippen LogP contribution in [0.15, 0.2) is 29.3 Å². The lowest BCUT2D eigenvalue weighted by molar-refractivity contribution is 0.0674. The molecule has 17 heavy (non-hydrogen) atoms. The van der Waals surface area contributed by atoms with Crippen molar-refractivity contribution in [2.24, 2.45) is 10.7 Å². The molecule has 0 radical (unpaired) electrons. The highest BCUT2D eigenvalue weighted by molar-refractivity contribution is 5.78. The Morgan fingerprint density at radius 2 is 2.06 bits per heavy atom. The summed E-state index contributed by atoms with van der Waals surface area (Å²) in [5.74, 6) is 0.622. The Labute approximate surface area is 102 Å². The number of aliphatic imine (C=N–C) groups is 1. The fraction of sp³-hybridized carbons (Fsp3) is 0.462. The van der Waals surface area contributed by atoms with Crippen LogP contribution in [0.1, 0.15) is 11.1 Å². The lowest BCUT2D eigenvalue weighted by Crippen LogP contribution is -2.44. The van der Waals surface area contributed by atoms with Crippen LogP contribution in [-0.2, 0) is 11.3 Å². The van der Waals surface area contributed by atoms with Crippen molar-refractivity contribution in [1.82, 2.24) is 4.90 Å². The van der Waals surface area contributed by atoms with E-state index in [0.717, 1.165) is 26.3 Å². The number of aryl methyl sites for hydroxylation is 1. The molecule has 2 N–H and O–H groups in total. The van der Waals surface area contributed by atoms with Gasteiger partial charge in [0.05, 0.1) is 19.8 Å². The van der Waals surface area contributed by atoms with Gasteiger partial charge in [0.25, 0.3) is 0 Å². The largest absolute Gasteiger partial charge is 0.378 e. The standard InChI is InChI=1S/C13H19N3O/c1-11-4-2-3-5-12(11)10-15-13(14)16-6-8-17-9-7-16/h2-5H,6-10H2,1H3,(H2,14,15). The summed E-state index contributed by atoms with van der Waals surface area (Å²) in [6.07, 6.45) is 0. The third kappa shape index (κ3) is 3.20. The van der Waals surface area contributed by atoms with Crippen LogP contribution in [0.4, 0.5) is 0 Å². The maximum atomic E-state index is 5.97. The molecule has 1 aliphatic rings. The average Bonchev–Trinajstić information content (AvgIpc) is 2.38. The van der Waals surface area contributed by atoms with Crippen molar-refractivity contribution >= 4 is 5.96 Å². The highest BCUT2D eigenvalue weighted by atomic mass is 16.5. The van der Waals surface area contributed by atoms with Gasteiger partial charge in [-0.25, -0.2) is 4.99 Å². The molecule has 0 unspecified atom stereocenters. The molecule has 1 saturated heterocycles. The molecule has 92 valence electrons. The van der Waals surface area contributed by atoms with Gasteiger partial charge in [0.1, 0.15) is 0 Å². The number of hydrogen-bond donors (Lipinski definition) is 1. The Morgan fingerprint density at radius 3 is 2.76 bits per heavy atom. The van der Waals surface area contributed by atoms with Gasteiger partial charge in [0.15, 0.2) is 5.96 Å². The zero-order valence-corrected chi connectivity index (χ0v) is 10.2. The van der Waals surface area contributed by atoms with Gasteiger partial charge in [-0.15, -0.1) is 0 Å². The summed E-state index contributed by atoms with van der Waals surface area (Å²) < 4.78 is 5.28. The number of nitrogens with zero attached hydrogens (tertiary/aromatic N) is 2. The SMILES string of the molecule is Cc1ccccc1CN=C(N)N1CCOCC1. The van der Waals surface area contributed by atoms with Crippen LogP contribution in [-0.4, -0.2) is 37.2 Å². The summed E-state index contributed by atoms with van der Waals surface area (Å²) in [5, 5.41) is 0. The lowest BCUT2D eigenvalue weighted by atomic mass is 10.1. The van der Waals surface area contributed by atoms with Crippen LogP contribution < -0.4 is 5.73 Å². The minimum absolute atomic E-state index is 0.622. The van der Waals surface area contributed by atoms with Crippen LogP contribution in [0.2, 0.25) is 0 Å². The van der Waals surface area contributed by atoms with Crippen molar-refractivity contribution in [3.8, 4) is 0 Å². The van der Waals surface area contributed by atoms with Gasteiger partial charge in [0.2, 0.25) is 0 Å². The summed E-state index contributed by atoms with van der Waals surface area (Å²) in [6.45, 7) is 5.89. The molecule has 4 nitrogen and oxygen atoms in total. The van der Waals surface area contributed by atoms with Gasteiger partial charge in [-0.2, -0.15) is 0 Å². The van der Waals surface area contributed by atoms with Gasteiger partial charge in [0, 0.05) is 13.1 Å². The molecule has 1 fully saturated rings. The van der Waals surface area contributed by atoms with Crippen molar-refractivity contribution < 1.29 is 4.74 Å². The molecule has 1 heterocycles. The van der Waals surface area contributed by atoms with Crippen molar-refractivity contribution in [1.29, 1.82) is 0 Å². The third-order valence-electron chi connectivity index (χ3n) is 3.01. The van der Waals surface area contributed by atoms with Crippen molar-refractivity contribution in [2.75, 3.05) is 26.3 Å². The Bertz CT molecular complexity index is 397. The molecule has 2 rings (SSSR count). The monoisotopic (exact) mass is 233 g/mol. The first-order valence-electron chi connectivity index (χ1n) is 5.94. The van der Waals surface area contributed by atoms with Gasteiger partial charge in [-0.3, -0.25) is 0 Å². The molecule has 1 aliphatic heterocycles. The van der Waals surface area contributed by atoms with E-state index in [1.54, 1.807) is 0 Å². The van der Waals surface area contributed by atoms with Gasteiger partial charge < -0.3 is 15.4 Å². The molecule has 1 aromatic rings. The molecule has 0 aromatic heterocycles. The summed E-state index contributed by atoms with van der Waals surface area (Å²) in [5.41, 5.74) is 8.45. The summed E-state index contributed by atoms with van der Waals surface area (Å²) in [4.78, 5) is 6.51. The molecule has 1 aromatic carbocycles. The number of benzene rings is 1. The number of ether oxygens (including phenoxy) is 1. The Morgan fingerprint density at radius 1 is 1.35 bits per heavy atom. The number of guanidine groups is 1. The van der Waals surface area contributed by atoms with Crippen LogP contribution in [0.25, 0.3) is 0 Å². The fourth-order valence-electron chi connectivity index (χ4n) is 1.85. The van der Waals surface area contributed by atoms with E-state index >= 15 is 0 Å². The van der Waals surface area contributed by atoms with Gasteiger partial charge in [-0.1, -0.05) is 24.3 Å². The summed E-state index contributed by atoms with van der Waals surface area (Å²) >= 11 is 0. The minimum atomic E-state index is 0.622. The Kier molecular flexibility index (Phi) is 3.98. The zero-order valence-electron chi connectivity index (χ0n) is 10.2. The predicted molar refractivity (Wildman–Crippen MR) is 68.9 cm³/mol. The first-order valence-corrected chi connectivity index (χ1v) is 5.94. The number of hydrogen-bond acceptors (Lipinski definition) is 2. The number of rotatable bonds is 2. The van der Waals surface area contributed by atoms with Gasteiger partial charge in [-0.05, 0) is 18.1 Å². The zero-order chi connectivity index (χ0) is 12.1. The van der Waals surface area contributed by atoms with E-state index in [9.17, 15) is 0 Å². The second kappa shape index (κ2) is 5.68. The smallest absolute Gasteiger partial charge is 0.191 e. The Balaban J connectivity index is 1.97. The lowest BCUT2D eigenvalue weighted by Gasteiger charge is -2.27. The fourth-order valence-corrected chi connectivity index (χ4v) is 1.85. The summed E-state index contributed by atoms with van der Waals surface area (Å²) in [6, 6.07) is 8.25. The average molecular weight is 233 g/mol. The minimum Gasteiger partial charge on any atom is -0.378 e. The van der Waals surface area contributed by atoms with E-state index < -0.39 is 0 Å². The first kappa shape index (κ1) is 11.9. The highest BCUT2D eigenvalue weighted by Crippen LogP contribution is 2.08. The number of nitrogens with two attached hydrogens (primary N) is 1. The second-order valence-electron chi connectivity index (χ2n) is 4.20. The van der Waals surface area contributed by atoms with E-state index in [1.807, 2.05) is 12.1 Å². The molecule has 0 spiro atoms. The highest BCUT2D eigenvalue weighted by Gasteiger charge is 2.11. The molecular weight excluding hydrogens is 214 g/mol. The maximum absolute atomic E-state index is 5.97. The normalized spacial score (nSPS) is 17.2. The van der Waals surface area contributed by atoms with Crippen LogP contribution in [0.3, 0.4) is 0 Å². The van der Waals surface area contributed by atoms with E-state index in [2.05, 4.69) is 28.9 Å². The van der Waals surface area contributed by atoms with Crippen LogP contribution in [0, 0.1) is 6.92 Å². The van der Waals surface area contributed by atoms with E-state index in [4.69, 9.17) is 10.5 Å². The molecule has 4 heteroatoms. The molecule has 0 atom stereocenters. The van der Waals surface area contributed by atoms with E-state index in [0.29, 0.717) is 12.5 Å². The molecule has 0 amide bonds. The van der Waals surface area contributed by atoms with Crippen molar-refractivity contribution in [2.45, 2.75) is 13.5 Å². The van der Waals surface area contributed by atoms with Crippen LogP contribution >= 0.6 is 0 Å². The van der Waals surface area contributed by atoms with Crippen molar-refractivity contribution in [3.05, 3.63) is 35.4 Å². The molecular formula is C13H19N3O. The van der Waals surface area contributed by atoms with E-state index in [1.165, 1.54) is 11.1 Å². The molecule has 0 saturated carbocycles. The van der Waals surface area contributed by atoms with E-state index in [-0.39, 0.29) is 0 Å². The maximum Gasteiger partial charge on any atom is 0.191 e. The predicted octanol–water partition coefficient (Wildman–Crippen LogP) is 1.14. The quantitative estimate of drug-likeness (QED) is 0.615. The summed E-state index contributed by atoms with van der Waals surface area (Å²) in [7, 11) is 0. The molecule has 0 bridgehead atoms. The van der Waals surface area contributed by atoms with Gasteiger partial charge >= 0.3 is 0 Å². The Hall–Kier alpha value is -1.55.